The fourth-order valence-electron chi connectivity index (χ4n) is 2.27. The number of sulfone groups is 1. The Balaban J connectivity index is 2.37. The Morgan fingerprint density at radius 1 is 1.00 bits per heavy atom. The molecule has 1 unspecified atom stereocenters. The van der Waals surface area contributed by atoms with E-state index in [1.54, 1.807) is 35.8 Å². The van der Waals surface area contributed by atoms with E-state index in [4.69, 9.17) is 0 Å². The summed E-state index contributed by atoms with van der Waals surface area (Å²) < 4.78 is 25.9. The molecule has 120 valence electrons. The standard InChI is InChI=1S/C19H20O2S2/c1-16-10-12-18(13-11-16)23(20,21)19(9-5-6-14-22)15-17-7-3-2-4-8-17/h2-14,19,22H,15H2,1H3/b9-5+,14-6+. The molecular formula is C19H20O2S2. The zero-order chi connectivity index (χ0) is 16.7. The monoisotopic (exact) mass is 344 g/mol. The van der Waals surface area contributed by atoms with Crippen LogP contribution in [0.4, 0.5) is 0 Å². The van der Waals surface area contributed by atoms with Crippen LogP contribution in [0, 0.1) is 6.92 Å². The molecule has 0 heterocycles. The first-order chi connectivity index (χ1) is 11.0. The molecule has 23 heavy (non-hydrogen) atoms. The van der Waals surface area contributed by atoms with Gasteiger partial charge in [0.05, 0.1) is 10.1 Å². The van der Waals surface area contributed by atoms with Crippen LogP contribution in [-0.2, 0) is 16.3 Å². The summed E-state index contributed by atoms with van der Waals surface area (Å²) in [6, 6.07) is 16.6. The third kappa shape index (κ3) is 4.85. The first-order valence-electron chi connectivity index (χ1n) is 7.36. The number of thiol groups is 1. The third-order valence-electron chi connectivity index (χ3n) is 3.55. The van der Waals surface area contributed by atoms with Crippen molar-refractivity contribution in [2.24, 2.45) is 0 Å². The molecule has 0 aliphatic carbocycles. The minimum atomic E-state index is -3.44. The van der Waals surface area contributed by atoms with E-state index in [0.717, 1.165) is 11.1 Å². The van der Waals surface area contributed by atoms with Crippen molar-refractivity contribution in [3.63, 3.8) is 0 Å². The zero-order valence-corrected chi connectivity index (χ0v) is 14.7. The van der Waals surface area contributed by atoms with Gasteiger partial charge in [0.25, 0.3) is 0 Å². The van der Waals surface area contributed by atoms with E-state index < -0.39 is 15.1 Å². The third-order valence-corrected chi connectivity index (χ3v) is 5.77. The number of hydrogen-bond acceptors (Lipinski definition) is 3. The Morgan fingerprint density at radius 2 is 1.65 bits per heavy atom. The quantitative estimate of drug-likeness (QED) is 0.623. The van der Waals surface area contributed by atoms with Gasteiger partial charge in [0.2, 0.25) is 0 Å². The lowest BCUT2D eigenvalue weighted by atomic mass is 10.1. The van der Waals surface area contributed by atoms with E-state index in [-0.39, 0.29) is 0 Å². The van der Waals surface area contributed by atoms with Crippen molar-refractivity contribution >= 4 is 22.5 Å². The molecule has 0 bridgehead atoms. The minimum Gasteiger partial charge on any atom is -0.223 e. The predicted molar refractivity (Wildman–Crippen MR) is 99.6 cm³/mol. The first kappa shape index (κ1) is 17.6. The van der Waals surface area contributed by atoms with Crippen LogP contribution in [-0.4, -0.2) is 13.7 Å². The smallest absolute Gasteiger partial charge is 0.185 e. The first-order valence-corrected chi connectivity index (χ1v) is 9.42. The van der Waals surface area contributed by atoms with Gasteiger partial charge >= 0.3 is 0 Å². The van der Waals surface area contributed by atoms with Crippen molar-refractivity contribution in [1.29, 1.82) is 0 Å². The van der Waals surface area contributed by atoms with E-state index in [2.05, 4.69) is 12.6 Å². The molecule has 4 heteroatoms. The van der Waals surface area contributed by atoms with Gasteiger partial charge in [-0.2, -0.15) is 12.6 Å². The highest BCUT2D eigenvalue weighted by Gasteiger charge is 2.25. The van der Waals surface area contributed by atoms with Crippen LogP contribution in [0.25, 0.3) is 0 Å². The maximum atomic E-state index is 12.9. The molecule has 0 spiro atoms. The fourth-order valence-corrected chi connectivity index (χ4v) is 3.94. The molecule has 2 rings (SSSR count). The van der Waals surface area contributed by atoms with Gasteiger partial charge in [-0.3, -0.25) is 0 Å². The fraction of sp³-hybridized carbons (Fsp3) is 0.158. The molecule has 0 aliphatic heterocycles. The van der Waals surface area contributed by atoms with Crippen molar-refractivity contribution in [2.75, 3.05) is 0 Å². The van der Waals surface area contributed by atoms with Gasteiger partial charge in [-0.05, 0) is 36.4 Å². The van der Waals surface area contributed by atoms with E-state index in [9.17, 15) is 8.42 Å². The summed E-state index contributed by atoms with van der Waals surface area (Å²) in [4.78, 5) is 0.350. The number of rotatable bonds is 6. The van der Waals surface area contributed by atoms with Crippen LogP contribution >= 0.6 is 12.6 Å². The van der Waals surface area contributed by atoms with Crippen molar-refractivity contribution in [3.05, 3.63) is 89.4 Å². The summed E-state index contributed by atoms with van der Waals surface area (Å²) in [6.45, 7) is 1.94. The second kappa shape index (κ2) is 8.18. The van der Waals surface area contributed by atoms with Crippen molar-refractivity contribution in [1.82, 2.24) is 0 Å². The Kier molecular flexibility index (Phi) is 6.25. The van der Waals surface area contributed by atoms with Gasteiger partial charge in [0.15, 0.2) is 9.84 Å². The van der Waals surface area contributed by atoms with Crippen LogP contribution in [0.15, 0.2) is 83.1 Å². The van der Waals surface area contributed by atoms with E-state index in [0.29, 0.717) is 11.3 Å². The van der Waals surface area contributed by atoms with Gasteiger partial charge in [0.1, 0.15) is 0 Å². The largest absolute Gasteiger partial charge is 0.223 e. The number of aryl methyl sites for hydroxylation is 1. The maximum absolute atomic E-state index is 12.9. The molecule has 0 radical (unpaired) electrons. The van der Waals surface area contributed by atoms with Crippen LogP contribution in [0.1, 0.15) is 11.1 Å². The average Bonchev–Trinajstić information content (AvgIpc) is 2.55. The number of benzene rings is 2. The summed E-state index contributed by atoms with van der Waals surface area (Å²) in [5.74, 6) is 0. The zero-order valence-electron chi connectivity index (χ0n) is 13.0. The van der Waals surface area contributed by atoms with Crippen molar-refractivity contribution in [3.8, 4) is 0 Å². The highest BCUT2D eigenvalue weighted by Crippen LogP contribution is 2.21. The Bertz CT molecular complexity index is 774. The number of hydrogen-bond donors (Lipinski definition) is 1. The summed E-state index contributed by atoms with van der Waals surface area (Å²) in [6.07, 6.45) is 5.60. The molecule has 2 aromatic carbocycles. The predicted octanol–water partition coefficient (Wildman–Crippen LogP) is 4.38. The second-order valence-corrected chi connectivity index (χ2v) is 7.78. The van der Waals surface area contributed by atoms with Crippen LogP contribution in [0.2, 0.25) is 0 Å². The molecule has 0 N–H and O–H groups in total. The normalized spacial score (nSPS) is 13.7. The molecule has 2 nitrogen and oxygen atoms in total. The van der Waals surface area contributed by atoms with E-state index >= 15 is 0 Å². The topological polar surface area (TPSA) is 34.1 Å². The van der Waals surface area contributed by atoms with Gasteiger partial charge in [-0.25, -0.2) is 8.42 Å². The van der Waals surface area contributed by atoms with Gasteiger partial charge < -0.3 is 0 Å². The second-order valence-electron chi connectivity index (χ2n) is 5.31. The molecule has 2 aromatic rings. The Morgan fingerprint density at radius 3 is 2.26 bits per heavy atom. The van der Waals surface area contributed by atoms with Crippen molar-refractivity contribution < 1.29 is 8.42 Å². The lowest BCUT2D eigenvalue weighted by molar-refractivity contribution is 0.587. The van der Waals surface area contributed by atoms with Crippen LogP contribution in [0.5, 0.6) is 0 Å². The molecule has 0 saturated heterocycles. The Hall–Kier alpha value is -1.78. The molecule has 0 saturated carbocycles. The Labute approximate surface area is 143 Å². The van der Waals surface area contributed by atoms with Gasteiger partial charge in [-0.15, -0.1) is 0 Å². The molecule has 0 amide bonds. The summed E-state index contributed by atoms with van der Waals surface area (Å²) in [5.41, 5.74) is 2.03. The summed E-state index contributed by atoms with van der Waals surface area (Å²) >= 11 is 3.99. The highest BCUT2D eigenvalue weighted by atomic mass is 32.2. The maximum Gasteiger partial charge on any atom is 0.185 e. The van der Waals surface area contributed by atoms with Gasteiger partial charge in [-0.1, -0.05) is 66.3 Å². The SMILES string of the molecule is Cc1ccc(S(=O)(=O)C(/C=C/C=C/S)Cc2ccccc2)cc1. The van der Waals surface area contributed by atoms with E-state index in [1.807, 2.05) is 49.4 Å². The number of allylic oxidation sites excluding steroid dienone is 2. The molecule has 0 aliphatic rings. The molecular weight excluding hydrogens is 324 g/mol. The van der Waals surface area contributed by atoms with Crippen molar-refractivity contribution in [2.45, 2.75) is 23.5 Å². The lowest BCUT2D eigenvalue weighted by Crippen LogP contribution is -2.22. The molecule has 1 atom stereocenters. The van der Waals surface area contributed by atoms with Crippen LogP contribution < -0.4 is 0 Å². The average molecular weight is 345 g/mol. The van der Waals surface area contributed by atoms with Gasteiger partial charge in [0, 0.05) is 0 Å². The highest BCUT2D eigenvalue weighted by molar-refractivity contribution is 7.92. The minimum absolute atomic E-state index is 0.350. The van der Waals surface area contributed by atoms with Crippen LogP contribution in [0.3, 0.4) is 0 Å². The lowest BCUT2D eigenvalue weighted by Gasteiger charge is -2.14. The summed E-state index contributed by atoms with van der Waals surface area (Å²) in [7, 11) is -3.44. The molecule has 0 aromatic heterocycles. The summed E-state index contributed by atoms with van der Waals surface area (Å²) in [5, 5.41) is 0.964. The van der Waals surface area contributed by atoms with E-state index in [1.165, 1.54) is 0 Å². The molecule has 0 fully saturated rings.